The van der Waals surface area contributed by atoms with E-state index >= 15 is 0 Å². The van der Waals surface area contributed by atoms with Gasteiger partial charge in [-0.3, -0.25) is 0 Å². The van der Waals surface area contributed by atoms with Crippen molar-refractivity contribution in [2.75, 3.05) is 4.90 Å². The molecule has 0 radical (unpaired) electrons. The van der Waals surface area contributed by atoms with Crippen LogP contribution in [0.2, 0.25) is 0 Å². The molecule has 2 aliphatic carbocycles. The average molecular weight is 906 g/mol. The fourth-order valence-electron chi connectivity index (χ4n) is 12.6. The van der Waals surface area contributed by atoms with Gasteiger partial charge in [-0.15, -0.1) is 0 Å². The second kappa shape index (κ2) is 15.5. The maximum atomic E-state index is 2.49. The van der Waals surface area contributed by atoms with Crippen molar-refractivity contribution in [2.45, 2.75) is 38.5 Å². The van der Waals surface area contributed by atoms with Crippen LogP contribution in [0.4, 0.5) is 17.1 Å². The summed E-state index contributed by atoms with van der Waals surface area (Å²) in [6, 6.07) is 88.7. The molecule has 336 valence electrons. The van der Waals surface area contributed by atoms with Crippen LogP contribution in [0, 0.1) is 0 Å². The highest BCUT2D eigenvalue weighted by molar-refractivity contribution is 6.24. The summed E-state index contributed by atoms with van der Waals surface area (Å²) >= 11 is 0. The summed E-state index contributed by atoms with van der Waals surface area (Å²) < 4.78 is 0. The molecular weight excluding hydrogens is 855 g/mol. The van der Waals surface area contributed by atoms with E-state index in [1.165, 1.54) is 121 Å². The van der Waals surface area contributed by atoms with Gasteiger partial charge in [0.05, 0.1) is 0 Å². The molecule has 14 rings (SSSR count). The first-order valence-electron chi connectivity index (χ1n) is 25.1. The first-order chi connectivity index (χ1) is 34.7. The van der Waals surface area contributed by atoms with Crippen LogP contribution in [0.15, 0.2) is 237 Å². The van der Waals surface area contributed by atoms with Gasteiger partial charge in [0, 0.05) is 27.9 Å². The van der Waals surface area contributed by atoms with Crippen molar-refractivity contribution in [3.8, 4) is 55.6 Å². The number of anilines is 3. The topological polar surface area (TPSA) is 3.24 Å². The van der Waals surface area contributed by atoms with Crippen LogP contribution in [0.3, 0.4) is 0 Å². The van der Waals surface area contributed by atoms with Crippen LogP contribution < -0.4 is 4.90 Å². The second-order valence-electron chi connectivity index (χ2n) is 20.9. The van der Waals surface area contributed by atoms with E-state index in [1.807, 2.05) is 0 Å². The van der Waals surface area contributed by atoms with Gasteiger partial charge in [0.2, 0.25) is 0 Å². The van der Waals surface area contributed by atoms with Crippen LogP contribution >= 0.6 is 0 Å². The Kier molecular flexibility index (Phi) is 9.05. The number of fused-ring (bicyclic) bond motifs is 12. The molecule has 12 aromatic rings. The smallest absolute Gasteiger partial charge is 0.0468 e. The monoisotopic (exact) mass is 905 g/mol. The lowest BCUT2D eigenvalue weighted by molar-refractivity contribution is 0.660. The van der Waals surface area contributed by atoms with Crippen molar-refractivity contribution in [3.63, 3.8) is 0 Å². The Morgan fingerprint density at radius 2 is 0.662 bits per heavy atom. The summed E-state index contributed by atoms with van der Waals surface area (Å²) in [5.41, 5.74) is 21.4. The van der Waals surface area contributed by atoms with Gasteiger partial charge in [-0.05, 0) is 182 Å². The summed E-state index contributed by atoms with van der Waals surface area (Å²) in [5.74, 6) is 0. The van der Waals surface area contributed by atoms with Gasteiger partial charge in [-0.1, -0.05) is 204 Å². The van der Waals surface area contributed by atoms with Crippen LogP contribution in [0.5, 0.6) is 0 Å². The predicted molar refractivity (Wildman–Crippen MR) is 303 cm³/mol. The molecule has 0 spiro atoms. The number of hydrogen-bond acceptors (Lipinski definition) is 1. The molecule has 0 unspecified atom stereocenters. The molecule has 0 aliphatic heterocycles. The highest BCUT2D eigenvalue weighted by Gasteiger charge is 2.38. The maximum absolute atomic E-state index is 2.49. The normalized spacial score (nSPS) is 13.9. The first-order valence-corrected chi connectivity index (χ1v) is 25.1. The van der Waals surface area contributed by atoms with Crippen molar-refractivity contribution in [1.29, 1.82) is 0 Å². The third-order valence-electron chi connectivity index (χ3n) is 16.2. The zero-order valence-corrected chi connectivity index (χ0v) is 40.5. The Hall–Kier alpha value is -8.52. The zero-order chi connectivity index (χ0) is 47.6. The Morgan fingerprint density at radius 3 is 1.25 bits per heavy atom. The molecule has 0 fully saturated rings. The molecule has 0 heterocycles. The molecule has 0 N–H and O–H groups in total. The lowest BCUT2D eigenvalue weighted by atomic mass is 9.82. The number of rotatable bonds is 6. The zero-order valence-electron chi connectivity index (χ0n) is 40.5. The van der Waals surface area contributed by atoms with E-state index in [-0.39, 0.29) is 10.8 Å². The molecule has 2 aliphatic rings. The van der Waals surface area contributed by atoms with Crippen LogP contribution in [0.1, 0.15) is 49.9 Å². The molecule has 1 heteroatoms. The molecule has 12 aromatic carbocycles. The van der Waals surface area contributed by atoms with E-state index in [0.29, 0.717) is 0 Å². The lowest BCUT2D eigenvalue weighted by Crippen LogP contribution is -2.18. The summed E-state index contributed by atoms with van der Waals surface area (Å²) in [6.07, 6.45) is 0. The third-order valence-corrected chi connectivity index (χ3v) is 16.2. The Labute approximate surface area is 415 Å². The molecule has 0 bridgehead atoms. The van der Waals surface area contributed by atoms with E-state index in [2.05, 4.69) is 269 Å². The molecule has 0 aromatic heterocycles. The SMILES string of the molecule is CC1(C)c2ccccc2-c2ccc(N(c3ccc4c(c3)C(C)(C)c3ccccc3-4)c3ccc4cc(-c5cc6c7ccccc7c(-c7cccc(-c8ccccc8)c7)cc6c6ccccc56)ccc4c3)cc21. The second-order valence-corrected chi connectivity index (χ2v) is 20.9. The fourth-order valence-corrected chi connectivity index (χ4v) is 12.6. The van der Waals surface area contributed by atoms with E-state index < -0.39 is 0 Å². The quantitative estimate of drug-likeness (QED) is 0.150. The predicted octanol–water partition coefficient (Wildman–Crippen LogP) is 19.4. The highest BCUT2D eigenvalue weighted by atomic mass is 15.1. The van der Waals surface area contributed by atoms with Crippen molar-refractivity contribution in [3.05, 3.63) is 259 Å². The summed E-state index contributed by atoms with van der Waals surface area (Å²) in [7, 11) is 0. The number of benzene rings is 12. The van der Waals surface area contributed by atoms with Gasteiger partial charge in [-0.2, -0.15) is 0 Å². The minimum Gasteiger partial charge on any atom is -0.310 e. The van der Waals surface area contributed by atoms with E-state index in [4.69, 9.17) is 0 Å². The molecule has 0 saturated heterocycles. The fraction of sp³-hybridized carbons (Fsp3) is 0.0857. The van der Waals surface area contributed by atoms with Crippen LogP contribution in [0.25, 0.3) is 98.7 Å². The standard InChI is InChI=1S/C70H51N/c1-69(2)65-27-14-12-25-57(65)59-35-33-51(40-67(59)69)71(52-34-36-60-58-26-13-15-28-66(58)70(3,4)68(60)41-52)50-32-31-46-38-49(30-29-47(46)39-50)62-43-64-55-23-10-8-21-53(55)61(42-63(64)56-24-11-9-22-54(56)62)48-20-16-19-45(37-48)44-17-6-5-7-18-44/h5-43H,1-4H3. The van der Waals surface area contributed by atoms with Gasteiger partial charge in [0.25, 0.3) is 0 Å². The van der Waals surface area contributed by atoms with Gasteiger partial charge in [0.15, 0.2) is 0 Å². The molecule has 0 saturated carbocycles. The summed E-state index contributed by atoms with van der Waals surface area (Å²) in [6.45, 7) is 9.50. The maximum Gasteiger partial charge on any atom is 0.0468 e. The highest BCUT2D eigenvalue weighted by Crippen LogP contribution is 2.53. The Morgan fingerprint density at radius 1 is 0.239 bits per heavy atom. The van der Waals surface area contributed by atoms with Gasteiger partial charge < -0.3 is 4.90 Å². The van der Waals surface area contributed by atoms with Crippen LogP contribution in [-0.2, 0) is 10.8 Å². The average Bonchev–Trinajstić information content (AvgIpc) is 3.79. The number of hydrogen-bond donors (Lipinski definition) is 0. The van der Waals surface area contributed by atoms with Crippen molar-refractivity contribution in [1.82, 2.24) is 0 Å². The first kappa shape index (κ1) is 41.5. The molecular formula is C70H51N. The third kappa shape index (κ3) is 6.32. The van der Waals surface area contributed by atoms with Gasteiger partial charge in [0.1, 0.15) is 0 Å². The largest absolute Gasteiger partial charge is 0.310 e. The molecule has 0 atom stereocenters. The van der Waals surface area contributed by atoms with Crippen molar-refractivity contribution in [2.24, 2.45) is 0 Å². The van der Waals surface area contributed by atoms with Gasteiger partial charge in [-0.25, -0.2) is 0 Å². The van der Waals surface area contributed by atoms with Crippen molar-refractivity contribution < 1.29 is 0 Å². The molecule has 71 heavy (non-hydrogen) atoms. The lowest BCUT2D eigenvalue weighted by Gasteiger charge is -2.30. The summed E-state index contributed by atoms with van der Waals surface area (Å²) in [4.78, 5) is 2.49. The van der Waals surface area contributed by atoms with E-state index in [9.17, 15) is 0 Å². The molecule has 1 nitrogen and oxygen atoms in total. The van der Waals surface area contributed by atoms with Crippen molar-refractivity contribution >= 4 is 60.2 Å². The molecule has 0 amide bonds. The number of nitrogens with zero attached hydrogens (tertiary/aromatic N) is 1. The van der Waals surface area contributed by atoms with Crippen LogP contribution in [-0.4, -0.2) is 0 Å². The summed E-state index contributed by atoms with van der Waals surface area (Å²) in [5, 5.41) is 10.00. The minimum atomic E-state index is -0.120. The Bertz CT molecular complexity index is 4060. The minimum absolute atomic E-state index is 0.120. The van der Waals surface area contributed by atoms with E-state index in [1.54, 1.807) is 0 Å². The van der Waals surface area contributed by atoms with E-state index in [0.717, 1.165) is 17.1 Å². The Balaban J connectivity index is 0.905. The van der Waals surface area contributed by atoms with Gasteiger partial charge >= 0.3 is 0 Å².